The van der Waals surface area contributed by atoms with Crippen LogP contribution in [0.25, 0.3) is 11.5 Å². The second kappa shape index (κ2) is 9.27. The maximum absolute atomic E-state index is 12.8. The first-order chi connectivity index (χ1) is 16.1. The summed E-state index contributed by atoms with van der Waals surface area (Å²) < 4.78 is 7.48. The number of Topliss-reactive ketones (excluding diaryl/α,β-unsaturated/α-hetero) is 1. The molecular formula is C24H28N6O3. The molecule has 1 N–H and O–H groups in total. The molecule has 9 nitrogen and oxygen atoms in total. The molecule has 0 bridgehead atoms. The van der Waals surface area contributed by atoms with E-state index in [0.717, 1.165) is 41.9 Å². The molecule has 9 heteroatoms. The number of aryl methyl sites for hydroxylation is 1. The Morgan fingerprint density at radius 2 is 2.18 bits per heavy atom. The summed E-state index contributed by atoms with van der Waals surface area (Å²) >= 11 is 0. The number of likely N-dealkylation sites (N-methyl/N-ethyl adjacent to an activating group) is 1. The summed E-state index contributed by atoms with van der Waals surface area (Å²) in [4.78, 5) is 28.7. The summed E-state index contributed by atoms with van der Waals surface area (Å²) in [6.45, 7) is 0.423. The van der Waals surface area contributed by atoms with Gasteiger partial charge in [-0.3, -0.25) is 14.5 Å². The van der Waals surface area contributed by atoms with Crippen LogP contribution in [0.15, 0.2) is 30.7 Å². The lowest BCUT2D eigenvalue weighted by Crippen LogP contribution is -2.28. The fraction of sp³-hybridized carbons (Fsp3) is 0.458. The largest absolute Gasteiger partial charge is 0.491 e. The van der Waals surface area contributed by atoms with Gasteiger partial charge in [-0.25, -0.2) is 9.97 Å². The lowest BCUT2D eigenvalue weighted by Gasteiger charge is -2.21. The number of fused-ring (bicyclic) bond motifs is 1. The van der Waals surface area contributed by atoms with E-state index in [-0.39, 0.29) is 25.5 Å². The number of carbonyl (C=O) groups excluding carboxylic acids is 1. The number of rotatable bonds is 10. The number of hydrogen-bond acceptors (Lipinski definition) is 8. The Balaban J connectivity index is 1.34. The van der Waals surface area contributed by atoms with Crippen molar-refractivity contribution in [2.45, 2.75) is 44.6 Å². The summed E-state index contributed by atoms with van der Waals surface area (Å²) in [6, 6.07) is 4.03. The van der Waals surface area contributed by atoms with Gasteiger partial charge in [-0.1, -0.05) is 0 Å². The van der Waals surface area contributed by atoms with Gasteiger partial charge in [0.1, 0.15) is 23.9 Å². The van der Waals surface area contributed by atoms with Gasteiger partial charge in [-0.05, 0) is 43.7 Å². The molecule has 3 heterocycles. The van der Waals surface area contributed by atoms with Gasteiger partial charge in [0.05, 0.1) is 25.4 Å². The molecule has 1 saturated carbocycles. The van der Waals surface area contributed by atoms with E-state index in [1.54, 1.807) is 24.5 Å². The first kappa shape index (κ1) is 21.5. The minimum atomic E-state index is -0.0582. The van der Waals surface area contributed by atoms with E-state index in [2.05, 4.69) is 10.1 Å². The first-order valence-electron chi connectivity index (χ1n) is 11.5. The molecule has 0 saturated heterocycles. The highest BCUT2D eigenvalue weighted by Gasteiger charge is 2.25. The molecular weight excluding hydrogens is 420 g/mol. The van der Waals surface area contributed by atoms with Crippen molar-refractivity contribution < 1.29 is 14.6 Å². The van der Waals surface area contributed by atoms with E-state index in [1.165, 1.54) is 12.8 Å². The van der Waals surface area contributed by atoms with Crippen LogP contribution in [-0.2, 0) is 24.1 Å². The molecule has 0 amide bonds. The Morgan fingerprint density at radius 3 is 3.00 bits per heavy atom. The van der Waals surface area contributed by atoms with Crippen LogP contribution in [0.4, 0.5) is 5.82 Å². The van der Waals surface area contributed by atoms with E-state index in [1.807, 2.05) is 22.8 Å². The van der Waals surface area contributed by atoms with Crippen LogP contribution in [0.3, 0.4) is 0 Å². The Kier molecular flexibility index (Phi) is 6.04. The smallest absolute Gasteiger partial charge is 0.180 e. The topological polar surface area (TPSA) is 106 Å². The zero-order valence-electron chi connectivity index (χ0n) is 18.8. The van der Waals surface area contributed by atoms with Crippen LogP contribution in [0.2, 0.25) is 0 Å². The number of ketones is 1. The maximum Gasteiger partial charge on any atom is 0.180 e. The summed E-state index contributed by atoms with van der Waals surface area (Å²) in [5, 5.41) is 13.4. The van der Waals surface area contributed by atoms with Crippen LogP contribution in [0.1, 0.15) is 42.1 Å². The SMILES string of the molecule is CN(CC(=O)Cc1cnn(C2CC2)c1)c1nc(-c2cc(OCCO)ccn2)nc2c1CCC2. The van der Waals surface area contributed by atoms with Crippen molar-refractivity contribution in [3.05, 3.63) is 47.5 Å². The molecule has 2 aliphatic rings. The lowest BCUT2D eigenvalue weighted by atomic mass is 10.1. The van der Waals surface area contributed by atoms with Crippen LogP contribution in [-0.4, -0.2) is 62.4 Å². The average Bonchev–Trinajstić information content (AvgIpc) is 3.37. The highest BCUT2D eigenvalue weighted by Crippen LogP contribution is 2.34. The van der Waals surface area contributed by atoms with Gasteiger partial charge in [0.15, 0.2) is 11.6 Å². The molecule has 172 valence electrons. The van der Waals surface area contributed by atoms with E-state index in [9.17, 15) is 4.79 Å². The zero-order valence-corrected chi connectivity index (χ0v) is 18.8. The summed E-state index contributed by atoms with van der Waals surface area (Å²) in [7, 11) is 1.91. The van der Waals surface area contributed by atoms with Gasteiger partial charge in [-0.2, -0.15) is 5.10 Å². The van der Waals surface area contributed by atoms with E-state index < -0.39 is 0 Å². The second-order valence-electron chi connectivity index (χ2n) is 8.73. The molecule has 0 aliphatic heterocycles. The van der Waals surface area contributed by atoms with Crippen molar-refractivity contribution in [1.82, 2.24) is 24.7 Å². The third-order valence-electron chi connectivity index (χ3n) is 5.98. The third kappa shape index (κ3) is 4.88. The molecule has 5 rings (SSSR count). The van der Waals surface area contributed by atoms with Gasteiger partial charge < -0.3 is 14.7 Å². The van der Waals surface area contributed by atoms with Gasteiger partial charge in [0, 0.05) is 43.2 Å². The quantitative estimate of drug-likeness (QED) is 0.503. The molecule has 1 fully saturated rings. The predicted octanol–water partition coefficient (Wildman–Crippen LogP) is 2.18. The third-order valence-corrected chi connectivity index (χ3v) is 5.98. The minimum Gasteiger partial charge on any atom is -0.491 e. The Morgan fingerprint density at radius 1 is 1.30 bits per heavy atom. The predicted molar refractivity (Wildman–Crippen MR) is 122 cm³/mol. The number of aromatic nitrogens is 5. The molecule has 3 aromatic heterocycles. The van der Waals surface area contributed by atoms with Crippen LogP contribution in [0, 0.1) is 0 Å². The normalized spacial score (nSPS) is 14.8. The molecule has 0 spiro atoms. The van der Waals surface area contributed by atoms with Crippen molar-refractivity contribution in [1.29, 1.82) is 0 Å². The molecule has 33 heavy (non-hydrogen) atoms. The summed E-state index contributed by atoms with van der Waals surface area (Å²) in [5.74, 6) is 2.04. The molecule has 0 atom stereocenters. The fourth-order valence-corrected chi connectivity index (χ4v) is 4.26. The minimum absolute atomic E-state index is 0.0582. The van der Waals surface area contributed by atoms with Crippen LogP contribution < -0.4 is 9.64 Å². The van der Waals surface area contributed by atoms with E-state index in [4.69, 9.17) is 19.8 Å². The van der Waals surface area contributed by atoms with Gasteiger partial charge in [0.2, 0.25) is 0 Å². The number of pyridine rings is 1. The Hall–Kier alpha value is -3.33. The molecule has 2 aliphatic carbocycles. The fourth-order valence-electron chi connectivity index (χ4n) is 4.26. The van der Waals surface area contributed by atoms with Crippen LogP contribution >= 0.6 is 0 Å². The van der Waals surface area contributed by atoms with Crippen molar-refractivity contribution in [3.8, 4) is 17.3 Å². The van der Waals surface area contributed by atoms with Crippen LogP contribution in [0.5, 0.6) is 5.75 Å². The molecule has 0 unspecified atom stereocenters. The van der Waals surface area contributed by atoms with Crippen molar-refractivity contribution in [2.24, 2.45) is 0 Å². The lowest BCUT2D eigenvalue weighted by molar-refractivity contribution is -0.117. The number of carbonyl (C=O) groups is 1. The van der Waals surface area contributed by atoms with Crippen molar-refractivity contribution in [3.63, 3.8) is 0 Å². The zero-order chi connectivity index (χ0) is 22.8. The standard InChI is InChI=1S/C24H28N6O3/c1-29(15-18(32)11-16-13-26-30(14-16)17-5-6-17)24-20-3-2-4-21(20)27-23(28-24)22-12-19(7-8-25-22)33-10-9-31/h7-8,12-14,17,31H,2-6,9-11,15H2,1H3. The number of nitrogens with zero attached hydrogens (tertiary/aromatic N) is 6. The molecule has 3 aromatic rings. The van der Waals surface area contributed by atoms with Gasteiger partial charge in [-0.15, -0.1) is 0 Å². The highest BCUT2D eigenvalue weighted by molar-refractivity contribution is 5.85. The van der Waals surface area contributed by atoms with E-state index >= 15 is 0 Å². The van der Waals surface area contributed by atoms with Crippen molar-refractivity contribution >= 4 is 11.6 Å². The average molecular weight is 449 g/mol. The number of hydrogen-bond donors (Lipinski definition) is 1. The maximum atomic E-state index is 12.8. The summed E-state index contributed by atoms with van der Waals surface area (Å²) in [6.07, 6.45) is 11.0. The Labute approximate surface area is 192 Å². The van der Waals surface area contributed by atoms with Gasteiger partial charge in [0.25, 0.3) is 0 Å². The second-order valence-corrected chi connectivity index (χ2v) is 8.73. The van der Waals surface area contributed by atoms with Gasteiger partial charge >= 0.3 is 0 Å². The van der Waals surface area contributed by atoms with E-state index in [0.29, 0.717) is 29.7 Å². The first-order valence-corrected chi connectivity index (χ1v) is 11.5. The summed E-state index contributed by atoms with van der Waals surface area (Å²) in [5.41, 5.74) is 3.69. The Bertz CT molecular complexity index is 1160. The molecule has 0 aromatic carbocycles. The van der Waals surface area contributed by atoms with Crippen molar-refractivity contribution in [2.75, 3.05) is 31.7 Å². The number of anilines is 1. The molecule has 0 radical (unpaired) electrons. The number of aliphatic hydroxyl groups excluding tert-OH is 1. The number of ether oxygens (including phenoxy) is 1. The monoisotopic (exact) mass is 448 g/mol. The highest BCUT2D eigenvalue weighted by atomic mass is 16.5. The number of aliphatic hydroxyl groups is 1.